The molecule has 1 aliphatic heterocycles. The van der Waals surface area contributed by atoms with Gasteiger partial charge in [0.2, 0.25) is 0 Å². The molecule has 0 spiro atoms. The molecule has 2 heterocycles. The minimum atomic E-state index is -1.09. The molecule has 9 nitrogen and oxygen atoms in total. The summed E-state index contributed by atoms with van der Waals surface area (Å²) in [7, 11) is 0. The van der Waals surface area contributed by atoms with Crippen LogP contribution >= 0.6 is 0 Å². The second-order valence-corrected chi connectivity index (χ2v) is 5.58. The Morgan fingerprint density at radius 3 is 2.68 bits per heavy atom. The average molecular weight is 344 g/mol. The van der Waals surface area contributed by atoms with Gasteiger partial charge in [-0.15, -0.1) is 0 Å². The highest BCUT2D eigenvalue weighted by Gasteiger charge is 2.31. The second-order valence-electron chi connectivity index (χ2n) is 5.58. The van der Waals surface area contributed by atoms with Crippen molar-refractivity contribution in [1.29, 1.82) is 0 Å². The molecule has 25 heavy (non-hydrogen) atoms. The lowest BCUT2D eigenvalue weighted by Gasteiger charge is -2.18. The number of benzene rings is 1. The lowest BCUT2D eigenvalue weighted by Crippen LogP contribution is -2.42. The Balaban J connectivity index is 1.71. The van der Waals surface area contributed by atoms with Crippen LogP contribution in [0, 0.1) is 0 Å². The van der Waals surface area contributed by atoms with Crippen molar-refractivity contribution in [3.05, 3.63) is 40.3 Å². The summed E-state index contributed by atoms with van der Waals surface area (Å²) in [5, 5.41) is 9.69. The molecule has 1 aromatic carbocycles. The predicted molar refractivity (Wildman–Crippen MR) is 86.7 cm³/mol. The summed E-state index contributed by atoms with van der Waals surface area (Å²) in [6, 6.07) is 6.26. The Bertz CT molecular complexity index is 907. The van der Waals surface area contributed by atoms with Crippen molar-refractivity contribution in [2.75, 3.05) is 13.1 Å². The van der Waals surface area contributed by atoms with Crippen LogP contribution in [0.4, 0.5) is 4.79 Å². The molecule has 0 radical (unpaired) electrons. The summed E-state index contributed by atoms with van der Waals surface area (Å²) in [6.07, 6.45) is -1.30. The summed E-state index contributed by atoms with van der Waals surface area (Å²) in [6.45, 7) is 2.02. The predicted octanol–water partition coefficient (Wildman–Crippen LogP) is -0.0509. The van der Waals surface area contributed by atoms with E-state index in [-0.39, 0.29) is 18.5 Å². The lowest BCUT2D eigenvalue weighted by atomic mass is 10.1. The van der Waals surface area contributed by atoms with E-state index in [0.29, 0.717) is 23.0 Å². The zero-order valence-electron chi connectivity index (χ0n) is 13.4. The van der Waals surface area contributed by atoms with Gasteiger partial charge in [-0.3, -0.25) is 19.3 Å². The second kappa shape index (κ2) is 6.71. The number of carbonyl (C=O) groups is 3. The van der Waals surface area contributed by atoms with Crippen molar-refractivity contribution in [3.8, 4) is 0 Å². The van der Waals surface area contributed by atoms with Crippen LogP contribution in [0.1, 0.15) is 12.6 Å². The highest BCUT2D eigenvalue weighted by molar-refractivity contribution is 5.98. The minimum Gasteiger partial charge on any atom is -0.452 e. The maximum Gasteiger partial charge on any atom is 0.324 e. The van der Waals surface area contributed by atoms with Crippen LogP contribution in [0.5, 0.6) is 0 Å². The van der Waals surface area contributed by atoms with Gasteiger partial charge in [-0.05, 0) is 13.0 Å². The highest BCUT2D eigenvalue weighted by Crippen LogP contribution is 2.14. The number of imide groups is 1. The van der Waals surface area contributed by atoms with Crippen LogP contribution < -0.4 is 10.9 Å². The summed E-state index contributed by atoms with van der Waals surface area (Å²) in [4.78, 5) is 48.5. The number of nitrogens with one attached hydrogen (secondary N) is 2. The number of nitrogens with zero attached hydrogens (tertiary/aromatic N) is 2. The van der Waals surface area contributed by atoms with Gasteiger partial charge in [0.05, 0.1) is 17.5 Å². The lowest BCUT2D eigenvalue weighted by molar-refractivity contribution is -0.156. The molecule has 2 N–H and O–H groups in total. The first-order valence-corrected chi connectivity index (χ1v) is 7.72. The maximum atomic E-state index is 12.1. The third kappa shape index (κ3) is 3.35. The molecule has 0 bridgehead atoms. The molecular weight excluding hydrogens is 328 g/mol. The molecule has 2 aromatic rings. The number of hydrogen-bond donors (Lipinski definition) is 2. The molecule has 1 fully saturated rings. The van der Waals surface area contributed by atoms with Gasteiger partial charge in [0.25, 0.3) is 11.5 Å². The van der Waals surface area contributed by atoms with Gasteiger partial charge in [0.15, 0.2) is 6.10 Å². The van der Waals surface area contributed by atoms with Gasteiger partial charge < -0.3 is 10.1 Å². The number of fused-ring (bicyclic) bond motifs is 1. The number of aromatic amines is 1. The first-order valence-electron chi connectivity index (χ1n) is 7.72. The molecule has 1 atom stereocenters. The quantitative estimate of drug-likeness (QED) is 0.750. The Labute approximate surface area is 142 Å². The van der Waals surface area contributed by atoms with E-state index in [1.807, 2.05) is 0 Å². The first-order chi connectivity index (χ1) is 12.0. The molecule has 3 amide bonds. The van der Waals surface area contributed by atoms with Gasteiger partial charge in [-0.1, -0.05) is 18.2 Å². The van der Waals surface area contributed by atoms with Crippen molar-refractivity contribution in [1.82, 2.24) is 20.4 Å². The molecule has 130 valence electrons. The SMILES string of the molecule is C[C@H](OC(=O)Cc1n[nH]c(=O)c2ccccc12)C(=O)N1CCNC1=O. The van der Waals surface area contributed by atoms with E-state index >= 15 is 0 Å². The van der Waals surface area contributed by atoms with Crippen molar-refractivity contribution >= 4 is 28.7 Å². The van der Waals surface area contributed by atoms with Crippen LogP contribution in [0.25, 0.3) is 10.8 Å². The molecule has 1 aliphatic rings. The fourth-order valence-corrected chi connectivity index (χ4v) is 2.63. The molecule has 0 aliphatic carbocycles. The van der Waals surface area contributed by atoms with Crippen LogP contribution in [-0.4, -0.2) is 52.2 Å². The number of H-pyrrole nitrogens is 1. The smallest absolute Gasteiger partial charge is 0.324 e. The van der Waals surface area contributed by atoms with Crippen LogP contribution in [0.15, 0.2) is 29.1 Å². The largest absolute Gasteiger partial charge is 0.452 e. The van der Waals surface area contributed by atoms with Crippen molar-refractivity contribution < 1.29 is 19.1 Å². The van der Waals surface area contributed by atoms with Crippen molar-refractivity contribution in [3.63, 3.8) is 0 Å². The first kappa shape index (κ1) is 16.6. The van der Waals surface area contributed by atoms with E-state index < -0.39 is 24.0 Å². The number of carbonyl (C=O) groups excluding carboxylic acids is 3. The van der Waals surface area contributed by atoms with Crippen molar-refractivity contribution in [2.45, 2.75) is 19.4 Å². The fraction of sp³-hybridized carbons (Fsp3) is 0.312. The zero-order chi connectivity index (χ0) is 18.0. The number of esters is 1. The molecule has 0 saturated carbocycles. The number of hydrogen-bond acceptors (Lipinski definition) is 6. The average Bonchev–Trinajstić information content (AvgIpc) is 3.03. The van der Waals surface area contributed by atoms with Gasteiger partial charge >= 0.3 is 12.0 Å². The van der Waals surface area contributed by atoms with Crippen LogP contribution in [-0.2, 0) is 20.7 Å². The Kier molecular flexibility index (Phi) is 4.46. The third-order valence-electron chi connectivity index (χ3n) is 3.87. The summed E-state index contributed by atoms with van der Waals surface area (Å²) in [5.41, 5.74) is -0.00456. The molecule has 3 rings (SSSR count). The molecule has 0 unspecified atom stereocenters. The van der Waals surface area contributed by atoms with Crippen LogP contribution in [0.2, 0.25) is 0 Å². The molecule has 1 aromatic heterocycles. The Morgan fingerprint density at radius 1 is 1.28 bits per heavy atom. The normalized spacial score (nSPS) is 15.1. The van der Waals surface area contributed by atoms with E-state index in [2.05, 4.69) is 15.5 Å². The number of ether oxygens (including phenoxy) is 1. The molecular formula is C16H16N4O5. The molecule has 9 heteroatoms. The fourth-order valence-electron chi connectivity index (χ4n) is 2.63. The van der Waals surface area contributed by atoms with E-state index in [1.165, 1.54) is 6.92 Å². The number of aromatic nitrogens is 2. The van der Waals surface area contributed by atoms with E-state index in [0.717, 1.165) is 4.90 Å². The Hall–Kier alpha value is -3.23. The van der Waals surface area contributed by atoms with Gasteiger partial charge in [0, 0.05) is 18.5 Å². The van der Waals surface area contributed by atoms with E-state index in [4.69, 9.17) is 4.74 Å². The number of urea groups is 1. The monoisotopic (exact) mass is 344 g/mol. The highest BCUT2D eigenvalue weighted by atomic mass is 16.5. The molecule has 1 saturated heterocycles. The maximum absolute atomic E-state index is 12.1. The standard InChI is InChI=1S/C16H16N4O5/c1-9(15(23)20-7-6-17-16(20)24)25-13(21)8-12-10-4-2-3-5-11(10)14(22)19-18-12/h2-5,9H,6-8H2,1H3,(H,17,24)(H,19,22)/t9-/m0/s1. The zero-order valence-corrected chi connectivity index (χ0v) is 13.4. The van der Waals surface area contributed by atoms with Crippen LogP contribution in [0.3, 0.4) is 0 Å². The van der Waals surface area contributed by atoms with Gasteiger partial charge in [-0.2, -0.15) is 5.10 Å². The van der Waals surface area contributed by atoms with E-state index in [1.54, 1.807) is 24.3 Å². The van der Waals surface area contributed by atoms with Gasteiger partial charge in [0.1, 0.15) is 0 Å². The summed E-state index contributed by atoms with van der Waals surface area (Å²) < 4.78 is 5.11. The van der Waals surface area contributed by atoms with Gasteiger partial charge in [-0.25, -0.2) is 9.89 Å². The number of amides is 3. The van der Waals surface area contributed by atoms with E-state index in [9.17, 15) is 19.2 Å². The Morgan fingerprint density at radius 2 is 2.00 bits per heavy atom. The third-order valence-corrected chi connectivity index (χ3v) is 3.87. The summed E-state index contributed by atoms with van der Waals surface area (Å²) >= 11 is 0. The van der Waals surface area contributed by atoms with Crippen molar-refractivity contribution in [2.24, 2.45) is 0 Å². The summed E-state index contributed by atoms with van der Waals surface area (Å²) in [5.74, 6) is -1.26. The number of rotatable bonds is 4. The topological polar surface area (TPSA) is 121 Å². The minimum absolute atomic E-state index is 0.207.